The van der Waals surface area contributed by atoms with Crippen LogP contribution in [0.1, 0.15) is 0 Å². The summed E-state index contributed by atoms with van der Waals surface area (Å²) in [5, 5.41) is 0. The summed E-state index contributed by atoms with van der Waals surface area (Å²) in [6, 6.07) is 0. The van der Waals surface area contributed by atoms with Crippen LogP contribution in [-0.4, -0.2) is 71.0 Å². The first-order valence-electron chi connectivity index (χ1n) is 0. The predicted octanol–water partition coefficient (Wildman–Crippen LogP) is -1.15. The molecule has 0 radical (unpaired) electrons. The molecule has 0 fully saturated rings. The Kier molecular flexibility index (Phi) is 158. The fourth-order valence-electron chi connectivity index (χ4n) is 0. The Bertz CT molecular complexity index is 4.85. The van der Waals surface area contributed by atoms with Crippen LogP contribution in [0.5, 0.6) is 0 Å². The largest absolute Gasteiger partial charge is 3.00 e. The summed E-state index contributed by atoms with van der Waals surface area (Å²) in [6.45, 7) is 0. The van der Waals surface area contributed by atoms with Crippen molar-refractivity contribution in [3.05, 3.63) is 0 Å². The smallest absolute Gasteiger partial charge is 2.00 e. The van der Waals surface area contributed by atoms with Gasteiger partial charge in [-0.3, -0.25) is 0 Å². The Balaban J connectivity index is 0. The standard InChI is InChI=1S/3Te.2Y/q3*-2;2*+3. The van der Waals surface area contributed by atoms with Gasteiger partial charge in [0.15, 0.2) is 0 Å². The molecule has 0 aromatic rings. The van der Waals surface area contributed by atoms with E-state index in [-0.39, 0.29) is 136 Å². The molecule has 0 bridgehead atoms. The Morgan fingerprint density at radius 3 is 0.400 bits per heavy atom. The summed E-state index contributed by atoms with van der Waals surface area (Å²) in [5.41, 5.74) is 0. The van der Waals surface area contributed by atoms with Crippen LogP contribution in [0, 0.1) is 0 Å². The molecule has 0 N–H and O–H groups in total. The zero-order valence-corrected chi connectivity index (χ0v) is 15.0. The van der Waals surface area contributed by atoms with E-state index in [4.69, 9.17) is 0 Å². The number of hydrogen-bond donors (Lipinski definition) is 0. The van der Waals surface area contributed by atoms with Crippen LogP contribution in [-0.2, 0) is 65.4 Å². The van der Waals surface area contributed by atoms with E-state index >= 15 is 0 Å². The van der Waals surface area contributed by atoms with E-state index < -0.39 is 0 Å². The third-order valence-corrected chi connectivity index (χ3v) is 0. The average Bonchev–Trinajstić information content (AvgIpc) is 0. The van der Waals surface area contributed by atoms with Gasteiger partial charge in [-0.1, -0.05) is 0 Å². The van der Waals surface area contributed by atoms with Crippen LogP contribution in [0.25, 0.3) is 0 Å². The Morgan fingerprint density at radius 1 is 0.400 bits per heavy atom. The maximum absolute atomic E-state index is 0. The fourth-order valence-corrected chi connectivity index (χ4v) is 0. The van der Waals surface area contributed by atoms with Crippen molar-refractivity contribution in [2.75, 3.05) is 0 Å². The van der Waals surface area contributed by atoms with E-state index in [1.165, 1.54) is 0 Å². The van der Waals surface area contributed by atoms with Gasteiger partial charge in [0.2, 0.25) is 0 Å². The van der Waals surface area contributed by atoms with Gasteiger partial charge in [-0.05, 0) is 0 Å². The molecule has 5 heteroatoms. The Morgan fingerprint density at radius 2 is 0.400 bits per heavy atom. The van der Waals surface area contributed by atoms with Crippen molar-refractivity contribution in [2.45, 2.75) is 0 Å². The van der Waals surface area contributed by atoms with Crippen LogP contribution in [0.2, 0.25) is 0 Å². The molecule has 24 valence electrons. The van der Waals surface area contributed by atoms with E-state index in [1.807, 2.05) is 0 Å². The van der Waals surface area contributed by atoms with Crippen molar-refractivity contribution < 1.29 is 65.4 Å². The second kappa shape index (κ2) is 23.5. The Hall–Kier alpha value is 4.58. The van der Waals surface area contributed by atoms with E-state index in [9.17, 15) is 0 Å². The molecule has 0 heterocycles. The summed E-state index contributed by atoms with van der Waals surface area (Å²) in [7, 11) is 0. The molecule has 0 saturated heterocycles. The van der Waals surface area contributed by atoms with Gasteiger partial charge in [0, 0.05) is 0 Å². The first-order chi connectivity index (χ1) is 0. The minimum atomic E-state index is 0. The zero-order valence-electron chi connectivity index (χ0n) is 2.38. The summed E-state index contributed by atoms with van der Waals surface area (Å²) in [6.07, 6.45) is 0. The van der Waals surface area contributed by atoms with Gasteiger partial charge in [0.25, 0.3) is 0 Å². The van der Waals surface area contributed by atoms with Crippen LogP contribution in [0.15, 0.2) is 0 Å². The molecule has 0 saturated carbocycles. The van der Waals surface area contributed by atoms with Crippen LogP contribution in [0.3, 0.4) is 0 Å². The van der Waals surface area contributed by atoms with Gasteiger partial charge in [-0.2, -0.15) is 0 Å². The van der Waals surface area contributed by atoms with E-state index in [0.29, 0.717) is 0 Å². The number of hydrogen-bond acceptors (Lipinski definition) is 0. The zero-order chi connectivity index (χ0) is 0. The molecule has 0 aromatic heterocycles. The minimum Gasteiger partial charge on any atom is -2.00 e. The third kappa shape index (κ3) is 17.7. The van der Waals surface area contributed by atoms with E-state index in [1.54, 1.807) is 0 Å². The van der Waals surface area contributed by atoms with Gasteiger partial charge >= 0.3 is 65.4 Å². The monoisotopic (exact) mass is 568 g/mol. The summed E-state index contributed by atoms with van der Waals surface area (Å²) < 4.78 is 0. The van der Waals surface area contributed by atoms with Crippen molar-refractivity contribution in [3.63, 3.8) is 0 Å². The molecule has 0 aliphatic rings. The average molecular weight is 561 g/mol. The maximum Gasteiger partial charge on any atom is 3.00 e. The summed E-state index contributed by atoms with van der Waals surface area (Å²) >= 11 is 0. The molecule has 5 heavy (non-hydrogen) atoms. The van der Waals surface area contributed by atoms with Gasteiger partial charge < -0.3 is 71.0 Å². The van der Waals surface area contributed by atoms with Crippen molar-refractivity contribution in [1.29, 1.82) is 0 Å². The molecule has 0 spiro atoms. The molecular formula is Te3Y2. The van der Waals surface area contributed by atoms with Gasteiger partial charge in [0.1, 0.15) is 0 Å². The molecule has 0 nitrogen and oxygen atoms in total. The quantitative estimate of drug-likeness (QED) is 0.329. The predicted molar refractivity (Wildman–Crippen MR) is 17.3 cm³/mol. The van der Waals surface area contributed by atoms with Gasteiger partial charge in [-0.25, -0.2) is 0 Å². The van der Waals surface area contributed by atoms with Crippen molar-refractivity contribution >= 4 is 71.0 Å². The SMILES string of the molecule is [Te-2].[Te-2].[Te-2].[Y+3].[Y+3]. The second-order valence-corrected chi connectivity index (χ2v) is 0. The Labute approximate surface area is 133 Å². The second-order valence-electron chi connectivity index (χ2n) is 0. The summed E-state index contributed by atoms with van der Waals surface area (Å²) in [5.74, 6) is 0. The van der Waals surface area contributed by atoms with E-state index in [0.717, 1.165) is 0 Å². The molecule has 0 aromatic carbocycles. The van der Waals surface area contributed by atoms with Crippen molar-refractivity contribution in [2.24, 2.45) is 0 Å². The van der Waals surface area contributed by atoms with E-state index in [2.05, 4.69) is 0 Å². The topological polar surface area (TPSA) is 0 Å². The van der Waals surface area contributed by atoms with Gasteiger partial charge in [-0.15, -0.1) is 0 Å². The van der Waals surface area contributed by atoms with Crippen LogP contribution >= 0.6 is 0 Å². The first kappa shape index (κ1) is 33.6. The molecule has 0 unspecified atom stereocenters. The molecule has 0 atom stereocenters. The molecule has 0 aliphatic carbocycles. The molecular weight excluding hydrogens is 561 g/mol. The normalized spacial score (nSPS) is 0. The van der Waals surface area contributed by atoms with Crippen LogP contribution in [0.4, 0.5) is 0 Å². The van der Waals surface area contributed by atoms with Crippen molar-refractivity contribution in [3.8, 4) is 0 Å². The molecule has 0 amide bonds. The number of rotatable bonds is 0. The fraction of sp³-hybridized carbons (Fsp3) is 0. The first-order valence-corrected chi connectivity index (χ1v) is 0. The van der Waals surface area contributed by atoms with Crippen molar-refractivity contribution in [1.82, 2.24) is 0 Å². The van der Waals surface area contributed by atoms with Gasteiger partial charge in [0.05, 0.1) is 0 Å². The van der Waals surface area contributed by atoms with Crippen LogP contribution < -0.4 is 0 Å². The molecule has 0 aliphatic heterocycles. The molecule has 0 rings (SSSR count). The third-order valence-electron chi connectivity index (χ3n) is 0. The minimum absolute atomic E-state index is 0. The summed E-state index contributed by atoms with van der Waals surface area (Å²) in [4.78, 5) is 0. The maximum atomic E-state index is 0.